The maximum atomic E-state index is 12.9. The van der Waals surface area contributed by atoms with Crippen molar-refractivity contribution < 1.29 is 14.7 Å². The SMILES string of the molecule is C.CSCCN(CCNc1ccc(Cl)c(C(=O)NCC23CCCC(CCC2)C3)c1)C(=O)O. The monoisotopic (exact) mass is 483 g/mol. The first-order valence-electron chi connectivity index (χ1n) is 11.2. The van der Waals surface area contributed by atoms with Gasteiger partial charge in [0.1, 0.15) is 0 Å². The Morgan fingerprint density at radius 1 is 1.25 bits per heavy atom. The molecule has 2 fully saturated rings. The van der Waals surface area contributed by atoms with E-state index >= 15 is 0 Å². The fourth-order valence-corrected chi connectivity index (χ4v) is 5.69. The number of amides is 2. The van der Waals surface area contributed by atoms with Crippen LogP contribution in [0.4, 0.5) is 10.5 Å². The lowest BCUT2D eigenvalue weighted by Gasteiger charge is -2.45. The molecule has 2 amide bonds. The molecule has 0 atom stereocenters. The molecular formula is C24H38ClN3O3S. The summed E-state index contributed by atoms with van der Waals surface area (Å²) in [7, 11) is 0. The molecule has 3 rings (SSSR count). The second-order valence-corrected chi connectivity index (χ2v) is 10.3. The quantitative estimate of drug-likeness (QED) is 0.390. The van der Waals surface area contributed by atoms with Gasteiger partial charge < -0.3 is 20.6 Å². The van der Waals surface area contributed by atoms with E-state index in [0.29, 0.717) is 30.2 Å². The summed E-state index contributed by atoms with van der Waals surface area (Å²) in [6, 6.07) is 5.29. The molecule has 6 nitrogen and oxygen atoms in total. The molecule has 1 aromatic rings. The van der Waals surface area contributed by atoms with Gasteiger partial charge in [0, 0.05) is 37.6 Å². The van der Waals surface area contributed by atoms with Crippen LogP contribution in [-0.4, -0.2) is 60.2 Å². The summed E-state index contributed by atoms with van der Waals surface area (Å²) in [6.45, 7) is 2.06. The third kappa shape index (κ3) is 7.20. The smallest absolute Gasteiger partial charge is 0.407 e. The first kappa shape index (κ1) is 26.7. The number of halogens is 1. The highest BCUT2D eigenvalue weighted by Gasteiger charge is 2.39. The molecule has 2 aliphatic carbocycles. The van der Waals surface area contributed by atoms with Gasteiger partial charge in [-0.1, -0.05) is 44.7 Å². The van der Waals surface area contributed by atoms with Crippen LogP contribution in [0.3, 0.4) is 0 Å². The normalized spacial score (nSPS) is 21.9. The molecule has 32 heavy (non-hydrogen) atoms. The summed E-state index contributed by atoms with van der Waals surface area (Å²) in [5.41, 5.74) is 1.48. The van der Waals surface area contributed by atoms with Gasteiger partial charge in [-0.05, 0) is 55.1 Å². The highest BCUT2D eigenvalue weighted by molar-refractivity contribution is 7.98. The molecule has 0 aromatic heterocycles. The number of thioether (sulfide) groups is 1. The number of hydrogen-bond acceptors (Lipinski definition) is 4. The van der Waals surface area contributed by atoms with Crippen LogP contribution in [-0.2, 0) is 0 Å². The minimum atomic E-state index is -0.918. The number of hydrogen-bond donors (Lipinski definition) is 3. The molecule has 2 saturated carbocycles. The number of carbonyl (C=O) groups excluding carboxylic acids is 1. The number of carbonyl (C=O) groups is 2. The first-order valence-corrected chi connectivity index (χ1v) is 13.0. The van der Waals surface area contributed by atoms with Crippen LogP contribution in [0.1, 0.15) is 62.7 Å². The van der Waals surface area contributed by atoms with E-state index < -0.39 is 6.09 Å². The fourth-order valence-electron chi connectivity index (χ4n) is 5.08. The van der Waals surface area contributed by atoms with Gasteiger partial charge in [-0.2, -0.15) is 11.8 Å². The fraction of sp³-hybridized carbons (Fsp3) is 0.667. The molecule has 0 heterocycles. The molecule has 0 radical (unpaired) electrons. The van der Waals surface area contributed by atoms with Crippen LogP contribution < -0.4 is 10.6 Å². The lowest BCUT2D eigenvalue weighted by Crippen LogP contribution is -2.43. The van der Waals surface area contributed by atoms with Gasteiger partial charge in [-0.25, -0.2) is 4.79 Å². The zero-order valence-electron chi connectivity index (χ0n) is 18.3. The summed E-state index contributed by atoms with van der Waals surface area (Å²) in [4.78, 5) is 25.6. The van der Waals surface area contributed by atoms with Gasteiger partial charge in [0.2, 0.25) is 0 Å². The highest BCUT2D eigenvalue weighted by atomic mass is 35.5. The Labute approximate surface area is 201 Å². The molecule has 8 heteroatoms. The number of carboxylic acid groups (broad SMARTS) is 1. The van der Waals surface area contributed by atoms with Crippen LogP contribution in [0.25, 0.3) is 0 Å². The molecule has 2 bridgehead atoms. The molecule has 0 unspecified atom stereocenters. The van der Waals surface area contributed by atoms with Crippen molar-refractivity contribution in [2.45, 2.75) is 52.4 Å². The molecule has 3 N–H and O–H groups in total. The second-order valence-electron chi connectivity index (χ2n) is 8.92. The second kappa shape index (κ2) is 12.6. The van der Waals surface area contributed by atoms with Crippen LogP contribution in [0, 0.1) is 11.3 Å². The van der Waals surface area contributed by atoms with Crippen molar-refractivity contribution in [1.82, 2.24) is 10.2 Å². The Balaban J connectivity index is 0.00000363. The van der Waals surface area contributed by atoms with Crippen molar-refractivity contribution in [1.29, 1.82) is 0 Å². The lowest BCUT2D eigenvalue weighted by molar-refractivity contribution is 0.0682. The zero-order valence-corrected chi connectivity index (χ0v) is 19.9. The Morgan fingerprint density at radius 3 is 2.62 bits per heavy atom. The summed E-state index contributed by atoms with van der Waals surface area (Å²) < 4.78 is 0. The summed E-state index contributed by atoms with van der Waals surface area (Å²) >= 11 is 7.94. The third-order valence-electron chi connectivity index (χ3n) is 6.74. The number of rotatable bonds is 10. The number of fused-ring (bicyclic) bond motifs is 2. The van der Waals surface area contributed by atoms with Crippen molar-refractivity contribution in [3.05, 3.63) is 28.8 Å². The van der Waals surface area contributed by atoms with Crippen LogP contribution >= 0.6 is 23.4 Å². The van der Waals surface area contributed by atoms with Crippen molar-refractivity contribution in [2.24, 2.45) is 11.3 Å². The van der Waals surface area contributed by atoms with E-state index in [4.69, 9.17) is 11.6 Å². The van der Waals surface area contributed by atoms with E-state index in [1.807, 2.05) is 12.3 Å². The first-order chi connectivity index (χ1) is 14.9. The van der Waals surface area contributed by atoms with E-state index in [0.717, 1.165) is 23.9 Å². The van der Waals surface area contributed by atoms with Crippen LogP contribution in [0.2, 0.25) is 5.02 Å². The predicted molar refractivity (Wildman–Crippen MR) is 135 cm³/mol. The molecule has 180 valence electrons. The minimum absolute atomic E-state index is 0. The van der Waals surface area contributed by atoms with E-state index in [9.17, 15) is 14.7 Å². The van der Waals surface area contributed by atoms with E-state index in [1.54, 1.807) is 23.9 Å². The van der Waals surface area contributed by atoms with Crippen LogP contribution in [0.15, 0.2) is 18.2 Å². The van der Waals surface area contributed by atoms with Gasteiger partial charge in [0.15, 0.2) is 0 Å². The molecule has 1 aromatic carbocycles. The standard InChI is InChI=1S/C23H34ClN3O3S.CH4/c1-31-13-12-27(22(29)30)11-10-25-18-6-7-20(24)19(14-18)21(28)26-16-23-8-2-4-17(15-23)5-3-9-23;/h6-7,14,17,25H,2-5,8-13,15-16H2,1H3,(H,26,28)(H,29,30);1H4. The van der Waals surface area contributed by atoms with Gasteiger partial charge in [-0.3, -0.25) is 4.79 Å². The predicted octanol–water partition coefficient (Wildman–Crippen LogP) is 5.82. The molecule has 0 aliphatic heterocycles. The van der Waals surface area contributed by atoms with Crippen molar-refractivity contribution in [2.75, 3.05) is 43.5 Å². The van der Waals surface area contributed by atoms with Gasteiger partial charge in [0.05, 0.1) is 10.6 Å². The van der Waals surface area contributed by atoms with Crippen LogP contribution in [0.5, 0.6) is 0 Å². The van der Waals surface area contributed by atoms with Crippen molar-refractivity contribution >= 4 is 41.1 Å². The maximum Gasteiger partial charge on any atom is 0.407 e. The molecule has 0 saturated heterocycles. The van der Waals surface area contributed by atoms with Crippen molar-refractivity contribution in [3.63, 3.8) is 0 Å². The Hall–Kier alpha value is -1.60. The van der Waals surface area contributed by atoms with E-state index in [2.05, 4.69) is 10.6 Å². The maximum absolute atomic E-state index is 12.9. The summed E-state index contributed by atoms with van der Waals surface area (Å²) in [6.07, 6.45) is 9.90. The van der Waals surface area contributed by atoms with Crippen molar-refractivity contribution in [3.8, 4) is 0 Å². The van der Waals surface area contributed by atoms with E-state index in [1.165, 1.54) is 49.8 Å². The average molecular weight is 484 g/mol. The van der Waals surface area contributed by atoms with Gasteiger partial charge in [-0.15, -0.1) is 0 Å². The topological polar surface area (TPSA) is 81.7 Å². The third-order valence-corrected chi connectivity index (χ3v) is 7.66. The number of nitrogens with zero attached hydrogens (tertiary/aromatic N) is 1. The van der Waals surface area contributed by atoms with Gasteiger partial charge in [0.25, 0.3) is 5.91 Å². The minimum Gasteiger partial charge on any atom is -0.465 e. The summed E-state index contributed by atoms with van der Waals surface area (Å²) in [5.74, 6) is 1.46. The zero-order chi connectivity index (χ0) is 22.3. The average Bonchev–Trinajstić information content (AvgIpc) is 2.75. The molecule has 0 spiro atoms. The number of benzene rings is 1. The molecule has 2 aliphatic rings. The lowest BCUT2D eigenvalue weighted by atomic mass is 9.62. The number of anilines is 1. The van der Waals surface area contributed by atoms with Gasteiger partial charge >= 0.3 is 6.09 Å². The number of nitrogens with one attached hydrogen (secondary N) is 2. The Bertz CT molecular complexity index is 767. The Morgan fingerprint density at radius 2 is 1.97 bits per heavy atom. The Kier molecular flexibility index (Phi) is 10.5. The highest BCUT2D eigenvalue weighted by Crippen LogP contribution is 2.48. The summed E-state index contributed by atoms with van der Waals surface area (Å²) in [5, 5.41) is 16.1. The molecular weight excluding hydrogens is 446 g/mol. The van der Waals surface area contributed by atoms with E-state index in [-0.39, 0.29) is 18.7 Å². The largest absolute Gasteiger partial charge is 0.465 e.